The van der Waals surface area contributed by atoms with Gasteiger partial charge in [0.2, 0.25) is 5.78 Å². The average molecular weight is 275 g/mol. The van der Waals surface area contributed by atoms with Crippen LogP contribution in [-0.2, 0) is 4.74 Å². The highest BCUT2D eigenvalue weighted by Crippen LogP contribution is 2.33. The zero-order valence-electron chi connectivity index (χ0n) is 11.5. The molecular weight excluding hydrogens is 258 g/mol. The molecule has 2 heterocycles. The number of ketones is 1. The lowest BCUT2D eigenvalue weighted by atomic mass is 10.1. The van der Waals surface area contributed by atoms with Crippen molar-refractivity contribution in [3.63, 3.8) is 0 Å². The van der Waals surface area contributed by atoms with Gasteiger partial charge in [0.15, 0.2) is 5.76 Å². The summed E-state index contributed by atoms with van der Waals surface area (Å²) in [6.45, 7) is 5.47. The first-order valence-corrected chi connectivity index (χ1v) is 6.70. The maximum Gasteiger partial charge on any atom is 0.233 e. The Bertz CT molecular complexity index is 571. The number of hydrogen-bond acceptors (Lipinski definition) is 5. The van der Waals surface area contributed by atoms with Gasteiger partial charge < -0.3 is 19.5 Å². The van der Waals surface area contributed by atoms with E-state index in [9.17, 15) is 9.90 Å². The number of carbonyl (C=O) groups excluding carboxylic acids is 1. The molecule has 2 atom stereocenters. The molecule has 0 amide bonds. The predicted molar refractivity (Wildman–Crippen MR) is 72.7 cm³/mol. The minimum absolute atomic E-state index is 0.0893. The number of phenolic OH excluding ortho intramolecular Hbond substituents is 1. The fraction of sp³-hybridized carbons (Fsp3) is 0.400. The van der Waals surface area contributed by atoms with Gasteiger partial charge in [-0.05, 0) is 26.0 Å². The average Bonchev–Trinajstić information content (AvgIpc) is 2.64. The van der Waals surface area contributed by atoms with E-state index < -0.39 is 0 Å². The maximum absolute atomic E-state index is 12.2. The Kier molecular flexibility index (Phi) is 3.14. The minimum Gasteiger partial charge on any atom is -0.508 e. The summed E-state index contributed by atoms with van der Waals surface area (Å²) in [6.07, 6.45) is 1.99. The molecule has 1 saturated heterocycles. The SMILES string of the molecule is CC1CN(/C=C2\Oc3cc(O)ccc3C2=O)CC(C)O1. The van der Waals surface area contributed by atoms with Crippen molar-refractivity contribution in [1.82, 2.24) is 4.90 Å². The lowest BCUT2D eigenvalue weighted by Gasteiger charge is -2.34. The van der Waals surface area contributed by atoms with Crippen molar-refractivity contribution in [2.75, 3.05) is 13.1 Å². The number of morpholine rings is 1. The van der Waals surface area contributed by atoms with Crippen LogP contribution in [0.5, 0.6) is 11.5 Å². The third kappa shape index (κ3) is 2.36. The van der Waals surface area contributed by atoms with E-state index >= 15 is 0 Å². The molecule has 5 nitrogen and oxygen atoms in total. The van der Waals surface area contributed by atoms with Crippen LogP contribution in [0.1, 0.15) is 24.2 Å². The molecule has 1 N–H and O–H groups in total. The zero-order valence-corrected chi connectivity index (χ0v) is 11.5. The van der Waals surface area contributed by atoms with Gasteiger partial charge in [-0.1, -0.05) is 0 Å². The number of aromatic hydroxyl groups is 1. The Morgan fingerprint density at radius 1 is 1.30 bits per heavy atom. The molecule has 0 saturated carbocycles. The van der Waals surface area contributed by atoms with E-state index in [1.54, 1.807) is 12.3 Å². The molecular formula is C15H17NO4. The van der Waals surface area contributed by atoms with Crippen LogP contribution in [0, 0.1) is 0 Å². The molecule has 0 bridgehead atoms. The van der Waals surface area contributed by atoms with Crippen LogP contribution in [0.15, 0.2) is 30.2 Å². The third-order valence-electron chi connectivity index (χ3n) is 3.40. The Balaban J connectivity index is 1.82. The fourth-order valence-corrected chi connectivity index (χ4v) is 2.65. The van der Waals surface area contributed by atoms with E-state index in [-0.39, 0.29) is 23.7 Å². The molecule has 1 fully saturated rings. The lowest BCUT2D eigenvalue weighted by Crippen LogP contribution is -2.43. The van der Waals surface area contributed by atoms with E-state index in [2.05, 4.69) is 0 Å². The quantitative estimate of drug-likeness (QED) is 0.793. The summed E-state index contributed by atoms with van der Waals surface area (Å²) in [5.41, 5.74) is 0.489. The standard InChI is InChI=1S/C15H17NO4/c1-9-6-16(7-10(2)19-9)8-14-15(18)12-4-3-11(17)5-13(12)20-14/h3-5,8-10,17H,6-7H2,1-2H3/b14-8-. The van der Waals surface area contributed by atoms with Crippen molar-refractivity contribution in [3.05, 3.63) is 35.7 Å². The molecule has 2 aliphatic heterocycles. The van der Waals surface area contributed by atoms with Gasteiger partial charge >= 0.3 is 0 Å². The van der Waals surface area contributed by atoms with Crippen LogP contribution >= 0.6 is 0 Å². The highest BCUT2D eigenvalue weighted by molar-refractivity contribution is 6.12. The topological polar surface area (TPSA) is 59.0 Å². The summed E-state index contributed by atoms with van der Waals surface area (Å²) in [4.78, 5) is 14.3. The highest BCUT2D eigenvalue weighted by atomic mass is 16.5. The van der Waals surface area contributed by atoms with Crippen molar-refractivity contribution in [2.45, 2.75) is 26.1 Å². The number of nitrogens with zero attached hydrogens (tertiary/aromatic N) is 1. The molecule has 0 spiro atoms. The van der Waals surface area contributed by atoms with E-state index in [0.29, 0.717) is 17.1 Å². The van der Waals surface area contributed by atoms with Crippen molar-refractivity contribution in [3.8, 4) is 11.5 Å². The van der Waals surface area contributed by atoms with Crippen LogP contribution in [0.2, 0.25) is 0 Å². The molecule has 5 heteroatoms. The van der Waals surface area contributed by atoms with Crippen LogP contribution < -0.4 is 4.74 Å². The predicted octanol–water partition coefficient (Wildman–Crippen LogP) is 1.92. The van der Waals surface area contributed by atoms with Crippen molar-refractivity contribution < 1.29 is 19.4 Å². The number of allylic oxidation sites excluding steroid dienone is 1. The first kappa shape index (κ1) is 13.0. The van der Waals surface area contributed by atoms with E-state index in [0.717, 1.165) is 13.1 Å². The molecule has 20 heavy (non-hydrogen) atoms. The van der Waals surface area contributed by atoms with Gasteiger partial charge in [0, 0.05) is 25.4 Å². The van der Waals surface area contributed by atoms with Gasteiger partial charge in [0.1, 0.15) is 11.5 Å². The number of rotatable bonds is 1. The largest absolute Gasteiger partial charge is 0.508 e. The van der Waals surface area contributed by atoms with Gasteiger partial charge in [-0.3, -0.25) is 4.79 Å². The summed E-state index contributed by atoms with van der Waals surface area (Å²) in [5, 5.41) is 9.42. The summed E-state index contributed by atoms with van der Waals surface area (Å²) < 4.78 is 11.2. The number of fused-ring (bicyclic) bond motifs is 1. The summed E-state index contributed by atoms with van der Waals surface area (Å²) in [5.74, 6) is 0.653. The minimum atomic E-state index is -0.146. The summed E-state index contributed by atoms with van der Waals surface area (Å²) >= 11 is 0. The highest BCUT2D eigenvalue weighted by Gasteiger charge is 2.29. The molecule has 0 radical (unpaired) electrons. The lowest BCUT2D eigenvalue weighted by molar-refractivity contribution is -0.0546. The molecule has 106 valence electrons. The molecule has 0 aromatic heterocycles. The monoisotopic (exact) mass is 275 g/mol. The number of phenols is 1. The van der Waals surface area contributed by atoms with Crippen molar-refractivity contribution in [1.29, 1.82) is 0 Å². The Hall–Kier alpha value is -2.01. The zero-order chi connectivity index (χ0) is 14.3. The van der Waals surface area contributed by atoms with Gasteiger partial charge in [-0.25, -0.2) is 0 Å². The van der Waals surface area contributed by atoms with Gasteiger partial charge in [-0.15, -0.1) is 0 Å². The molecule has 3 rings (SSSR count). The van der Waals surface area contributed by atoms with Gasteiger partial charge in [-0.2, -0.15) is 0 Å². The van der Waals surface area contributed by atoms with E-state index in [1.165, 1.54) is 12.1 Å². The van der Waals surface area contributed by atoms with E-state index in [4.69, 9.17) is 9.47 Å². The Morgan fingerprint density at radius 3 is 2.70 bits per heavy atom. The number of carbonyl (C=O) groups is 1. The first-order valence-electron chi connectivity index (χ1n) is 6.70. The smallest absolute Gasteiger partial charge is 0.233 e. The van der Waals surface area contributed by atoms with Gasteiger partial charge in [0.05, 0.1) is 17.8 Å². The molecule has 1 aromatic carbocycles. The van der Waals surface area contributed by atoms with Gasteiger partial charge in [0.25, 0.3) is 0 Å². The normalized spacial score (nSPS) is 27.6. The van der Waals surface area contributed by atoms with E-state index in [1.807, 2.05) is 18.7 Å². The fourth-order valence-electron chi connectivity index (χ4n) is 2.65. The number of benzene rings is 1. The third-order valence-corrected chi connectivity index (χ3v) is 3.40. The summed E-state index contributed by atoms with van der Waals surface area (Å²) in [6, 6.07) is 4.53. The molecule has 0 aliphatic carbocycles. The van der Waals surface area contributed by atoms with Crippen molar-refractivity contribution >= 4 is 5.78 Å². The van der Waals surface area contributed by atoms with Crippen LogP contribution in [0.3, 0.4) is 0 Å². The Morgan fingerprint density at radius 2 is 2.00 bits per heavy atom. The van der Waals surface area contributed by atoms with Crippen LogP contribution in [0.4, 0.5) is 0 Å². The second-order valence-corrected chi connectivity index (χ2v) is 5.32. The van der Waals surface area contributed by atoms with Crippen LogP contribution in [-0.4, -0.2) is 41.1 Å². The number of Topliss-reactive ketones (excluding diaryl/α,β-unsaturated/α-hetero) is 1. The first-order chi connectivity index (χ1) is 9.52. The summed E-state index contributed by atoms with van der Waals surface area (Å²) in [7, 11) is 0. The molecule has 1 aromatic rings. The van der Waals surface area contributed by atoms with Crippen LogP contribution in [0.25, 0.3) is 0 Å². The second-order valence-electron chi connectivity index (χ2n) is 5.32. The number of hydrogen-bond donors (Lipinski definition) is 1. The Labute approximate surface area is 117 Å². The maximum atomic E-state index is 12.2. The molecule has 2 aliphatic rings. The van der Waals surface area contributed by atoms with Crippen molar-refractivity contribution in [2.24, 2.45) is 0 Å². The number of ether oxygens (including phenoxy) is 2. The second kappa shape index (κ2) is 4.83. The molecule has 2 unspecified atom stereocenters.